The number of hydrogen-bond acceptors (Lipinski definition) is 3. The van der Waals surface area contributed by atoms with Crippen LogP contribution in [0.5, 0.6) is 0 Å². The first-order valence-electron chi connectivity index (χ1n) is 6.78. The summed E-state index contributed by atoms with van der Waals surface area (Å²) in [5, 5.41) is 1.10. The maximum Gasteiger partial charge on any atom is 0.132 e. The molecule has 0 saturated carbocycles. The molecule has 0 saturated heterocycles. The molecular formula is C16H18N4. The molecule has 2 aromatic heterocycles. The number of anilines is 1. The van der Waals surface area contributed by atoms with E-state index in [1.165, 1.54) is 0 Å². The van der Waals surface area contributed by atoms with Gasteiger partial charge in [-0.3, -0.25) is 4.98 Å². The van der Waals surface area contributed by atoms with Gasteiger partial charge in [0.05, 0.1) is 5.52 Å². The Morgan fingerprint density at radius 1 is 1.15 bits per heavy atom. The van der Waals surface area contributed by atoms with Crippen molar-refractivity contribution in [3.8, 4) is 11.3 Å². The molecule has 0 bridgehead atoms. The van der Waals surface area contributed by atoms with E-state index in [2.05, 4.69) is 28.4 Å². The minimum atomic E-state index is 0.291. The van der Waals surface area contributed by atoms with Crippen LogP contribution >= 0.6 is 0 Å². The van der Waals surface area contributed by atoms with Crippen LogP contribution in [0.1, 0.15) is 25.7 Å². The van der Waals surface area contributed by atoms with Gasteiger partial charge in [-0.05, 0) is 26.8 Å². The SMILES string of the molecule is Cc1nc(-c2cccc3cccnc23)c(N)n1C(C)C. The zero-order valence-electron chi connectivity index (χ0n) is 12.0. The van der Waals surface area contributed by atoms with E-state index in [4.69, 9.17) is 5.73 Å². The van der Waals surface area contributed by atoms with Gasteiger partial charge in [0.15, 0.2) is 0 Å². The summed E-state index contributed by atoms with van der Waals surface area (Å²) in [6.45, 7) is 6.20. The predicted octanol–water partition coefficient (Wildman–Crippen LogP) is 3.57. The molecule has 0 aliphatic carbocycles. The fourth-order valence-corrected chi connectivity index (χ4v) is 2.71. The van der Waals surface area contributed by atoms with Crippen molar-refractivity contribution in [3.05, 3.63) is 42.4 Å². The molecule has 102 valence electrons. The molecule has 0 fully saturated rings. The highest BCUT2D eigenvalue weighted by molar-refractivity contribution is 5.94. The summed E-state index contributed by atoms with van der Waals surface area (Å²) in [6, 6.07) is 10.4. The van der Waals surface area contributed by atoms with Crippen molar-refractivity contribution in [3.63, 3.8) is 0 Å². The van der Waals surface area contributed by atoms with Crippen LogP contribution in [0.3, 0.4) is 0 Å². The van der Waals surface area contributed by atoms with Gasteiger partial charge in [-0.25, -0.2) is 4.98 Å². The fraction of sp³-hybridized carbons (Fsp3) is 0.250. The van der Waals surface area contributed by atoms with Gasteiger partial charge in [-0.1, -0.05) is 24.3 Å². The van der Waals surface area contributed by atoms with E-state index in [9.17, 15) is 0 Å². The van der Waals surface area contributed by atoms with E-state index in [0.717, 1.165) is 28.0 Å². The minimum Gasteiger partial charge on any atom is -0.383 e. The summed E-state index contributed by atoms with van der Waals surface area (Å²) >= 11 is 0. The first-order chi connectivity index (χ1) is 9.59. The number of rotatable bonds is 2. The largest absolute Gasteiger partial charge is 0.383 e. The molecule has 0 aliphatic heterocycles. The molecule has 0 amide bonds. The van der Waals surface area contributed by atoms with Crippen LogP contribution in [-0.2, 0) is 0 Å². The lowest BCUT2D eigenvalue weighted by Crippen LogP contribution is -2.07. The van der Waals surface area contributed by atoms with Gasteiger partial charge in [-0.2, -0.15) is 0 Å². The van der Waals surface area contributed by atoms with Gasteiger partial charge < -0.3 is 10.3 Å². The van der Waals surface area contributed by atoms with Crippen molar-refractivity contribution < 1.29 is 0 Å². The number of pyridine rings is 1. The highest BCUT2D eigenvalue weighted by Gasteiger charge is 2.17. The highest BCUT2D eigenvalue weighted by Crippen LogP contribution is 2.32. The van der Waals surface area contributed by atoms with Crippen LogP contribution < -0.4 is 5.73 Å². The molecule has 3 rings (SSSR count). The number of hydrogen-bond donors (Lipinski definition) is 1. The van der Waals surface area contributed by atoms with Crippen molar-refractivity contribution in [2.45, 2.75) is 26.8 Å². The Balaban J connectivity index is 2.29. The first kappa shape index (κ1) is 12.7. The summed E-state index contributed by atoms with van der Waals surface area (Å²) in [5.74, 6) is 1.64. The normalized spacial score (nSPS) is 11.4. The maximum atomic E-state index is 6.30. The number of aryl methyl sites for hydroxylation is 1. The number of aromatic nitrogens is 3. The number of imidazole rings is 1. The highest BCUT2D eigenvalue weighted by atomic mass is 15.2. The van der Waals surface area contributed by atoms with Gasteiger partial charge in [0, 0.05) is 23.2 Å². The summed E-state index contributed by atoms with van der Waals surface area (Å²) in [4.78, 5) is 9.13. The smallest absolute Gasteiger partial charge is 0.132 e. The van der Waals surface area contributed by atoms with Crippen LogP contribution in [0.15, 0.2) is 36.5 Å². The second kappa shape index (κ2) is 4.63. The molecule has 3 aromatic rings. The summed E-state index contributed by atoms with van der Waals surface area (Å²) in [6.07, 6.45) is 1.80. The van der Waals surface area contributed by atoms with Gasteiger partial charge in [0.25, 0.3) is 0 Å². The van der Waals surface area contributed by atoms with E-state index >= 15 is 0 Å². The Morgan fingerprint density at radius 3 is 2.60 bits per heavy atom. The molecule has 20 heavy (non-hydrogen) atoms. The predicted molar refractivity (Wildman–Crippen MR) is 82.5 cm³/mol. The molecule has 4 heteroatoms. The van der Waals surface area contributed by atoms with Gasteiger partial charge in [0.1, 0.15) is 17.3 Å². The van der Waals surface area contributed by atoms with Crippen LogP contribution in [0.2, 0.25) is 0 Å². The van der Waals surface area contributed by atoms with Crippen molar-refractivity contribution >= 4 is 16.7 Å². The number of para-hydroxylation sites is 1. The van der Waals surface area contributed by atoms with Gasteiger partial charge in [-0.15, -0.1) is 0 Å². The minimum absolute atomic E-state index is 0.291. The quantitative estimate of drug-likeness (QED) is 0.771. The average molecular weight is 266 g/mol. The summed E-state index contributed by atoms with van der Waals surface area (Å²) in [7, 11) is 0. The zero-order valence-corrected chi connectivity index (χ0v) is 12.0. The molecule has 0 aliphatic rings. The summed E-state index contributed by atoms with van der Waals surface area (Å²) < 4.78 is 2.05. The number of nitrogen functional groups attached to an aromatic ring is 1. The number of fused-ring (bicyclic) bond motifs is 1. The third-order valence-corrected chi connectivity index (χ3v) is 3.53. The van der Waals surface area contributed by atoms with Crippen molar-refractivity contribution in [2.24, 2.45) is 0 Å². The molecule has 2 N–H and O–H groups in total. The van der Waals surface area contributed by atoms with Crippen LogP contribution in [0.25, 0.3) is 22.2 Å². The average Bonchev–Trinajstić information content (AvgIpc) is 2.73. The molecule has 0 spiro atoms. The van der Waals surface area contributed by atoms with Gasteiger partial charge in [0.2, 0.25) is 0 Å². The molecule has 2 heterocycles. The van der Waals surface area contributed by atoms with E-state index in [1.54, 1.807) is 6.20 Å². The third-order valence-electron chi connectivity index (χ3n) is 3.53. The third kappa shape index (κ3) is 1.84. The molecule has 1 aromatic carbocycles. The molecule has 0 radical (unpaired) electrons. The Labute approximate surface area is 118 Å². The van der Waals surface area contributed by atoms with Crippen LogP contribution in [0, 0.1) is 6.92 Å². The van der Waals surface area contributed by atoms with E-state index in [1.807, 2.05) is 37.3 Å². The van der Waals surface area contributed by atoms with Crippen molar-refractivity contribution in [1.29, 1.82) is 0 Å². The van der Waals surface area contributed by atoms with E-state index in [-0.39, 0.29) is 0 Å². The lowest BCUT2D eigenvalue weighted by atomic mass is 10.1. The fourth-order valence-electron chi connectivity index (χ4n) is 2.71. The van der Waals surface area contributed by atoms with Crippen LogP contribution in [0.4, 0.5) is 5.82 Å². The molecule has 0 unspecified atom stereocenters. The van der Waals surface area contributed by atoms with E-state index < -0.39 is 0 Å². The lowest BCUT2D eigenvalue weighted by Gasteiger charge is -2.11. The Morgan fingerprint density at radius 2 is 1.90 bits per heavy atom. The standard InChI is InChI=1S/C16H18N4/c1-10(2)20-11(3)19-15(16(20)17)13-8-4-6-12-7-5-9-18-14(12)13/h4-10H,17H2,1-3H3. The zero-order chi connectivity index (χ0) is 14.3. The Kier molecular flexibility index (Phi) is 2.93. The summed E-state index contributed by atoms with van der Waals surface area (Å²) in [5.41, 5.74) is 9.05. The van der Waals surface area contributed by atoms with E-state index in [0.29, 0.717) is 11.9 Å². The number of nitrogens with zero attached hydrogens (tertiary/aromatic N) is 3. The monoisotopic (exact) mass is 266 g/mol. The second-order valence-corrected chi connectivity index (χ2v) is 5.24. The number of nitrogens with two attached hydrogens (primary N) is 1. The second-order valence-electron chi connectivity index (χ2n) is 5.24. The van der Waals surface area contributed by atoms with Gasteiger partial charge >= 0.3 is 0 Å². The topological polar surface area (TPSA) is 56.7 Å². The Hall–Kier alpha value is -2.36. The maximum absolute atomic E-state index is 6.30. The molecular weight excluding hydrogens is 248 g/mol. The molecule has 4 nitrogen and oxygen atoms in total. The van der Waals surface area contributed by atoms with Crippen LogP contribution in [-0.4, -0.2) is 14.5 Å². The van der Waals surface area contributed by atoms with Crippen molar-refractivity contribution in [2.75, 3.05) is 5.73 Å². The Bertz CT molecular complexity index is 766. The molecule has 0 atom stereocenters. The lowest BCUT2D eigenvalue weighted by molar-refractivity contribution is 0.590. The first-order valence-corrected chi connectivity index (χ1v) is 6.78. The van der Waals surface area contributed by atoms with Crippen molar-refractivity contribution in [1.82, 2.24) is 14.5 Å². The number of benzene rings is 1.